The second-order valence-electron chi connectivity index (χ2n) is 6.93. The first-order valence-electron chi connectivity index (χ1n) is 9.43. The van der Waals surface area contributed by atoms with Crippen molar-refractivity contribution in [3.63, 3.8) is 0 Å². The second-order valence-corrected chi connectivity index (χ2v) is 6.93. The molecule has 0 radical (unpaired) electrons. The molecule has 148 valence electrons. The lowest BCUT2D eigenvalue weighted by atomic mass is 10.1. The van der Waals surface area contributed by atoms with Crippen LogP contribution in [0.3, 0.4) is 0 Å². The molecular formula is C24H24N2O3. The first kappa shape index (κ1) is 20.2. The molecule has 2 aromatic carbocycles. The third-order valence-corrected chi connectivity index (χ3v) is 5.11. The number of nitrogens with zero attached hydrogens (tertiary/aromatic N) is 2. The summed E-state index contributed by atoms with van der Waals surface area (Å²) in [6, 6.07) is 19.2. The maximum absolute atomic E-state index is 12.9. The summed E-state index contributed by atoms with van der Waals surface area (Å²) in [7, 11) is 1.50. The van der Waals surface area contributed by atoms with Gasteiger partial charge in [0.05, 0.1) is 24.8 Å². The highest BCUT2D eigenvalue weighted by Crippen LogP contribution is 2.29. The average Bonchev–Trinajstić information content (AvgIpc) is 3.05. The van der Waals surface area contributed by atoms with Crippen LogP contribution >= 0.6 is 0 Å². The lowest BCUT2D eigenvalue weighted by Crippen LogP contribution is -2.15. The second kappa shape index (κ2) is 8.66. The number of ketones is 1. The van der Waals surface area contributed by atoms with Crippen molar-refractivity contribution in [2.45, 2.75) is 26.8 Å². The molecule has 0 saturated heterocycles. The maximum Gasteiger partial charge on any atom is 0.202 e. The Labute approximate surface area is 171 Å². The summed E-state index contributed by atoms with van der Waals surface area (Å²) in [5.41, 5.74) is 4.25. The standard InChI is InChI=1S/C24H24N2O3/c1-16-12-21(18(3)26(16)17(2)20-8-6-5-7-9-20)22(27)15-29-23-11-10-19(14-25)13-24(23)28-4/h5-13,17H,15H2,1-4H3/t17-/m1/s1. The summed E-state index contributed by atoms with van der Waals surface area (Å²) >= 11 is 0. The number of hydrogen-bond donors (Lipinski definition) is 0. The van der Waals surface area contributed by atoms with Gasteiger partial charge in [0.25, 0.3) is 0 Å². The number of carbonyl (C=O) groups is 1. The van der Waals surface area contributed by atoms with Crippen LogP contribution in [0.5, 0.6) is 11.5 Å². The van der Waals surface area contributed by atoms with Gasteiger partial charge in [-0.2, -0.15) is 5.26 Å². The quantitative estimate of drug-likeness (QED) is 0.543. The van der Waals surface area contributed by atoms with E-state index in [1.807, 2.05) is 38.1 Å². The van der Waals surface area contributed by atoms with Crippen molar-refractivity contribution in [1.29, 1.82) is 5.26 Å². The third kappa shape index (κ3) is 4.17. The number of carbonyl (C=O) groups excluding carboxylic acids is 1. The van der Waals surface area contributed by atoms with Gasteiger partial charge in [-0.25, -0.2) is 0 Å². The Morgan fingerprint density at radius 1 is 1.10 bits per heavy atom. The van der Waals surface area contributed by atoms with E-state index in [0.29, 0.717) is 22.6 Å². The van der Waals surface area contributed by atoms with Crippen LogP contribution in [0, 0.1) is 25.2 Å². The van der Waals surface area contributed by atoms with Crippen molar-refractivity contribution in [2.75, 3.05) is 13.7 Å². The van der Waals surface area contributed by atoms with Crippen molar-refractivity contribution in [2.24, 2.45) is 0 Å². The number of aromatic nitrogens is 1. The Balaban J connectivity index is 1.80. The average molecular weight is 388 g/mol. The molecule has 0 bridgehead atoms. The number of aryl methyl sites for hydroxylation is 1. The van der Waals surface area contributed by atoms with Crippen molar-refractivity contribution in [1.82, 2.24) is 4.57 Å². The van der Waals surface area contributed by atoms with E-state index in [0.717, 1.165) is 11.4 Å². The van der Waals surface area contributed by atoms with Crippen LogP contribution in [0.25, 0.3) is 0 Å². The van der Waals surface area contributed by atoms with E-state index in [1.54, 1.807) is 18.2 Å². The zero-order valence-corrected chi connectivity index (χ0v) is 17.1. The summed E-state index contributed by atoms with van der Waals surface area (Å²) in [4.78, 5) is 12.9. The number of rotatable bonds is 7. The zero-order chi connectivity index (χ0) is 21.0. The van der Waals surface area contributed by atoms with Crippen LogP contribution in [0.4, 0.5) is 0 Å². The van der Waals surface area contributed by atoms with Gasteiger partial charge in [-0.1, -0.05) is 30.3 Å². The first-order chi connectivity index (χ1) is 14.0. The van der Waals surface area contributed by atoms with Crippen LogP contribution in [-0.4, -0.2) is 24.1 Å². The molecule has 0 amide bonds. The van der Waals surface area contributed by atoms with E-state index in [2.05, 4.69) is 29.7 Å². The highest BCUT2D eigenvalue weighted by molar-refractivity contribution is 5.98. The van der Waals surface area contributed by atoms with Crippen molar-refractivity contribution in [3.8, 4) is 17.6 Å². The molecule has 1 atom stereocenters. The third-order valence-electron chi connectivity index (χ3n) is 5.11. The molecule has 3 rings (SSSR count). The Bertz CT molecular complexity index is 1060. The lowest BCUT2D eigenvalue weighted by Gasteiger charge is -2.19. The van der Waals surface area contributed by atoms with Crippen molar-refractivity contribution < 1.29 is 14.3 Å². The molecule has 1 heterocycles. The van der Waals surface area contributed by atoms with E-state index in [-0.39, 0.29) is 18.4 Å². The van der Waals surface area contributed by atoms with E-state index in [1.165, 1.54) is 12.7 Å². The molecule has 0 unspecified atom stereocenters. The smallest absolute Gasteiger partial charge is 0.202 e. The van der Waals surface area contributed by atoms with Crippen LogP contribution in [0.15, 0.2) is 54.6 Å². The van der Waals surface area contributed by atoms with E-state index >= 15 is 0 Å². The van der Waals surface area contributed by atoms with Gasteiger partial charge in [0, 0.05) is 23.0 Å². The molecule has 0 N–H and O–H groups in total. The molecule has 0 fully saturated rings. The molecule has 0 saturated carbocycles. The largest absolute Gasteiger partial charge is 0.493 e. The number of hydrogen-bond acceptors (Lipinski definition) is 4. The Hall–Kier alpha value is -3.52. The Morgan fingerprint density at radius 3 is 2.48 bits per heavy atom. The molecule has 1 aromatic heterocycles. The van der Waals surface area contributed by atoms with Gasteiger partial charge in [-0.3, -0.25) is 4.79 Å². The fourth-order valence-electron chi connectivity index (χ4n) is 3.61. The molecule has 0 aliphatic carbocycles. The van der Waals surface area contributed by atoms with Gasteiger partial charge in [-0.05, 0) is 44.5 Å². The van der Waals surface area contributed by atoms with Crippen molar-refractivity contribution in [3.05, 3.63) is 82.7 Å². The van der Waals surface area contributed by atoms with Crippen molar-refractivity contribution >= 4 is 5.78 Å². The number of Topliss-reactive ketones (excluding diaryl/α,β-unsaturated/α-hetero) is 1. The van der Waals surface area contributed by atoms with Gasteiger partial charge >= 0.3 is 0 Å². The summed E-state index contributed by atoms with van der Waals surface area (Å²) in [6.07, 6.45) is 0. The molecule has 29 heavy (non-hydrogen) atoms. The highest BCUT2D eigenvalue weighted by atomic mass is 16.5. The fraction of sp³-hybridized carbons (Fsp3) is 0.250. The topological polar surface area (TPSA) is 64.2 Å². The van der Waals surface area contributed by atoms with E-state index in [9.17, 15) is 4.79 Å². The Morgan fingerprint density at radius 2 is 1.83 bits per heavy atom. The molecule has 5 nitrogen and oxygen atoms in total. The van der Waals surface area contributed by atoms with Gasteiger partial charge in [0.15, 0.2) is 18.1 Å². The summed E-state index contributed by atoms with van der Waals surface area (Å²) < 4.78 is 13.1. The first-order valence-corrected chi connectivity index (χ1v) is 9.43. The van der Waals surface area contributed by atoms with E-state index < -0.39 is 0 Å². The molecule has 0 aliphatic rings. The number of nitriles is 1. The maximum atomic E-state index is 12.9. The predicted octanol–water partition coefficient (Wildman–Crippen LogP) is 4.86. The minimum absolute atomic E-state index is 0.101. The monoisotopic (exact) mass is 388 g/mol. The van der Waals surface area contributed by atoms with Gasteiger partial charge in [-0.15, -0.1) is 0 Å². The number of ether oxygens (including phenoxy) is 2. The van der Waals surface area contributed by atoms with Crippen LogP contribution in [0.1, 0.15) is 45.8 Å². The fourth-order valence-corrected chi connectivity index (χ4v) is 3.61. The molecule has 5 heteroatoms. The van der Waals surface area contributed by atoms with Gasteiger partial charge in [0.1, 0.15) is 0 Å². The van der Waals surface area contributed by atoms with Crippen LogP contribution < -0.4 is 9.47 Å². The molecular weight excluding hydrogens is 364 g/mol. The molecule has 0 aliphatic heterocycles. The van der Waals surface area contributed by atoms with E-state index in [4.69, 9.17) is 14.7 Å². The SMILES string of the molecule is COc1cc(C#N)ccc1OCC(=O)c1cc(C)n([C@H](C)c2ccccc2)c1C. The van der Waals surface area contributed by atoms with Crippen LogP contribution in [0.2, 0.25) is 0 Å². The Kier molecular flexibility index (Phi) is 6.04. The zero-order valence-electron chi connectivity index (χ0n) is 17.1. The highest BCUT2D eigenvalue weighted by Gasteiger charge is 2.20. The van der Waals surface area contributed by atoms with Gasteiger partial charge < -0.3 is 14.0 Å². The minimum atomic E-state index is -0.105. The summed E-state index contributed by atoms with van der Waals surface area (Å²) in [6.45, 7) is 5.99. The lowest BCUT2D eigenvalue weighted by molar-refractivity contribution is 0.0918. The minimum Gasteiger partial charge on any atom is -0.493 e. The summed E-state index contributed by atoms with van der Waals surface area (Å²) in [5, 5.41) is 9.00. The number of methoxy groups -OCH3 is 1. The van der Waals surface area contributed by atoms with Gasteiger partial charge in [0.2, 0.25) is 5.78 Å². The predicted molar refractivity (Wildman–Crippen MR) is 112 cm³/mol. The normalized spacial score (nSPS) is 11.6. The molecule has 0 spiro atoms. The van der Waals surface area contributed by atoms with Crippen LogP contribution in [-0.2, 0) is 0 Å². The number of benzene rings is 2. The summed E-state index contributed by atoms with van der Waals surface area (Å²) in [5.74, 6) is 0.766. The molecule has 3 aromatic rings.